The van der Waals surface area contributed by atoms with Gasteiger partial charge in [0, 0.05) is 11.6 Å². The zero-order valence-corrected chi connectivity index (χ0v) is 10.0. The standard InChI is InChI=1S/C14H18FNO/c1-17-12-4-2-3-11(13(12)15)14(16)10-6-8-5-9(8)7-10/h2-4,8-10,14H,5-7,16H2,1H3. The minimum Gasteiger partial charge on any atom is -0.494 e. The maximum absolute atomic E-state index is 14.1. The van der Waals surface area contributed by atoms with Crippen molar-refractivity contribution in [1.29, 1.82) is 0 Å². The Morgan fingerprint density at radius 1 is 1.29 bits per heavy atom. The third-order valence-electron chi connectivity index (χ3n) is 4.36. The average Bonchev–Trinajstić information content (AvgIpc) is 2.96. The summed E-state index contributed by atoms with van der Waals surface area (Å²) in [5, 5.41) is 0. The first-order valence-electron chi connectivity index (χ1n) is 6.28. The summed E-state index contributed by atoms with van der Waals surface area (Å²) in [7, 11) is 1.48. The van der Waals surface area contributed by atoms with Gasteiger partial charge in [-0.1, -0.05) is 12.1 Å². The van der Waals surface area contributed by atoms with E-state index in [1.54, 1.807) is 12.1 Å². The molecule has 2 nitrogen and oxygen atoms in total. The molecular weight excluding hydrogens is 217 g/mol. The molecule has 3 unspecified atom stereocenters. The number of nitrogens with two attached hydrogens (primary N) is 1. The number of halogens is 1. The van der Waals surface area contributed by atoms with Crippen LogP contribution >= 0.6 is 0 Å². The molecule has 2 saturated carbocycles. The molecule has 2 aliphatic carbocycles. The SMILES string of the molecule is COc1cccc(C(N)C2CC3CC3C2)c1F. The highest BCUT2D eigenvalue weighted by Crippen LogP contribution is 2.56. The highest BCUT2D eigenvalue weighted by Gasteiger charge is 2.47. The Hall–Kier alpha value is -1.09. The Kier molecular flexibility index (Phi) is 2.58. The first-order valence-corrected chi connectivity index (χ1v) is 6.28. The molecule has 0 saturated heterocycles. The molecule has 0 aromatic heterocycles. The van der Waals surface area contributed by atoms with Gasteiger partial charge < -0.3 is 10.5 Å². The molecule has 1 aromatic carbocycles. The molecule has 3 heteroatoms. The topological polar surface area (TPSA) is 35.2 Å². The van der Waals surface area contributed by atoms with Crippen molar-refractivity contribution in [2.45, 2.75) is 25.3 Å². The third kappa shape index (κ3) is 1.82. The van der Waals surface area contributed by atoms with Gasteiger partial charge in [-0.15, -0.1) is 0 Å². The van der Waals surface area contributed by atoms with E-state index >= 15 is 0 Å². The van der Waals surface area contributed by atoms with Gasteiger partial charge in [0.1, 0.15) is 0 Å². The molecular formula is C14H18FNO. The second-order valence-corrected chi connectivity index (χ2v) is 5.38. The first-order chi connectivity index (χ1) is 8.20. The van der Waals surface area contributed by atoms with Crippen LogP contribution in [0.5, 0.6) is 5.75 Å². The van der Waals surface area contributed by atoms with Gasteiger partial charge in [0.25, 0.3) is 0 Å². The second-order valence-electron chi connectivity index (χ2n) is 5.38. The van der Waals surface area contributed by atoms with E-state index in [1.807, 2.05) is 6.07 Å². The maximum atomic E-state index is 14.1. The van der Waals surface area contributed by atoms with Gasteiger partial charge >= 0.3 is 0 Å². The molecule has 0 amide bonds. The summed E-state index contributed by atoms with van der Waals surface area (Å²) in [5.41, 5.74) is 6.82. The molecule has 17 heavy (non-hydrogen) atoms. The fourth-order valence-corrected chi connectivity index (χ4v) is 3.25. The molecule has 2 fully saturated rings. The number of benzene rings is 1. The average molecular weight is 235 g/mol. The Morgan fingerprint density at radius 3 is 2.65 bits per heavy atom. The van der Waals surface area contributed by atoms with Crippen molar-refractivity contribution in [3.63, 3.8) is 0 Å². The van der Waals surface area contributed by atoms with E-state index in [0.717, 1.165) is 11.8 Å². The minimum absolute atomic E-state index is 0.183. The quantitative estimate of drug-likeness (QED) is 0.874. The lowest BCUT2D eigenvalue weighted by Crippen LogP contribution is -2.21. The highest BCUT2D eigenvalue weighted by molar-refractivity contribution is 5.33. The predicted molar refractivity (Wildman–Crippen MR) is 64.2 cm³/mol. The molecule has 3 atom stereocenters. The van der Waals surface area contributed by atoms with Gasteiger partial charge in [-0.25, -0.2) is 4.39 Å². The molecule has 0 aliphatic heterocycles. The van der Waals surface area contributed by atoms with E-state index in [1.165, 1.54) is 26.4 Å². The van der Waals surface area contributed by atoms with Crippen LogP contribution in [-0.2, 0) is 0 Å². The van der Waals surface area contributed by atoms with Gasteiger partial charge in [0.15, 0.2) is 11.6 Å². The summed E-state index contributed by atoms with van der Waals surface area (Å²) < 4.78 is 19.1. The van der Waals surface area contributed by atoms with Crippen molar-refractivity contribution in [3.05, 3.63) is 29.6 Å². The van der Waals surface area contributed by atoms with E-state index in [2.05, 4.69) is 0 Å². The van der Waals surface area contributed by atoms with Gasteiger partial charge in [0.2, 0.25) is 0 Å². The number of rotatable bonds is 3. The Morgan fingerprint density at radius 2 is 2.00 bits per heavy atom. The van der Waals surface area contributed by atoms with E-state index < -0.39 is 0 Å². The summed E-state index contributed by atoms with van der Waals surface area (Å²) in [6, 6.07) is 5.05. The van der Waals surface area contributed by atoms with Crippen molar-refractivity contribution in [2.24, 2.45) is 23.5 Å². The second kappa shape index (κ2) is 3.98. The monoisotopic (exact) mass is 235 g/mol. The van der Waals surface area contributed by atoms with Crippen molar-refractivity contribution in [1.82, 2.24) is 0 Å². The first kappa shape index (κ1) is 11.0. The van der Waals surface area contributed by atoms with E-state index in [0.29, 0.717) is 17.2 Å². The fraction of sp³-hybridized carbons (Fsp3) is 0.571. The molecule has 0 bridgehead atoms. The molecule has 0 heterocycles. The van der Waals surface area contributed by atoms with Crippen molar-refractivity contribution < 1.29 is 9.13 Å². The van der Waals surface area contributed by atoms with Crippen LogP contribution < -0.4 is 10.5 Å². The molecule has 0 spiro atoms. The van der Waals surface area contributed by atoms with Crippen LogP contribution in [0.4, 0.5) is 4.39 Å². The largest absolute Gasteiger partial charge is 0.494 e. The zero-order chi connectivity index (χ0) is 12.0. The van der Waals surface area contributed by atoms with Gasteiger partial charge in [-0.2, -0.15) is 0 Å². The Balaban J connectivity index is 1.83. The summed E-state index contributed by atoms with van der Waals surface area (Å²) in [6.45, 7) is 0. The molecule has 92 valence electrons. The zero-order valence-electron chi connectivity index (χ0n) is 10.0. The van der Waals surface area contributed by atoms with Crippen LogP contribution in [0.2, 0.25) is 0 Å². The van der Waals surface area contributed by atoms with E-state index in [9.17, 15) is 4.39 Å². The smallest absolute Gasteiger partial charge is 0.169 e. The summed E-state index contributed by atoms with van der Waals surface area (Å²) in [5.74, 6) is 2.20. The summed E-state index contributed by atoms with van der Waals surface area (Å²) in [6.07, 6.45) is 3.70. The van der Waals surface area contributed by atoms with Crippen LogP contribution in [0.25, 0.3) is 0 Å². The minimum atomic E-state index is -0.289. The number of fused-ring (bicyclic) bond motifs is 1. The Labute approximate surface area is 101 Å². The van der Waals surface area contributed by atoms with Gasteiger partial charge in [-0.05, 0) is 43.1 Å². The Bertz CT molecular complexity index is 424. The molecule has 2 N–H and O–H groups in total. The van der Waals surface area contributed by atoms with Gasteiger partial charge in [-0.3, -0.25) is 0 Å². The predicted octanol–water partition coefficient (Wildman–Crippen LogP) is 2.88. The number of ether oxygens (including phenoxy) is 1. The molecule has 3 rings (SSSR count). The van der Waals surface area contributed by atoms with Crippen LogP contribution in [0.15, 0.2) is 18.2 Å². The van der Waals surface area contributed by atoms with E-state index in [-0.39, 0.29) is 11.9 Å². The summed E-state index contributed by atoms with van der Waals surface area (Å²) in [4.78, 5) is 0. The number of methoxy groups -OCH3 is 1. The van der Waals surface area contributed by atoms with Crippen LogP contribution in [0.1, 0.15) is 30.9 Å². The van der Waals surface area contributed by atoms with Crippen molar-refractivity contribution in [2.75, 3.05) is 7.11 Å². The molecule has 0 radical (unpaired) electrons. The van der Waals surface area contributed by atoms with Gasteiger partial charge in [0.05, 0.1) is 7.11 Å². The van der Waals surface area contributed by atoms with Crippen molar-refractivity contribution in [3.8, 4) is 5.75 Å². The van der Waals surface area contributed by atoms with E-state index in [4.69, 9.17) is 10.5 Å². The highest BCUT2D eigenvalue weighted by atomic mass is 19.1. The normalized spacial score (nSPS) is 32.1. The lowest BCUT2D eigenvalue weighted by molar-refractivity contribution is 0.364. The number of hydrogen-bond acceptors (Lipinski definition) is 2. The molecule has 1 aromatic rings. The lowest BCUT2D eigenvalue weighted by Gasteiger charge is -2.22. The van der Waals surface area contributed by atoms with Crippen LogP contribution in [0.3, 0.4) is 0 Å². The maximum Gasteiger partial charge on any atom is 0.169 e. The fourth-order valence-electron chi connectivity index (χ4n) is 3.25. The number of hydrogen-bond donors (Lipinski definition) is 1. The summed E-state index contributed by atoms with van der Waals surface area (Å²) >= 11 is 0. The van der Waals surface area contributed by atoms with Crippen LogP contribution in [0, 0.1) is 23.6 Å². The van der Waals surface area contributed by atoms with Crippen molar-refractivity contribution >= 4 is 0 Å². The lowest BCUT2D eigenvalue weighted by atomic mass is 9.89. The third-order valence-corrected chi connectivity index (χ3v) is 4.36. The molecule has 2 aliphatic rings. The van der Waals surface area contributed by atoms with Crippen LogP contribution in [-0.4, -0.2) is 7.11 Å².